The Morgan fingerprint density at radius 2 is 1.50 bits per heavy atom. The Kier molecular flexibility index (Phi) is 6.13. The highest BCUT2D eigenvalue weighted by Gasteiger charge is 2.18. The standard InChI is InChI=1S/C17H18ClN3O5/c1-24-13-6-9(7-14(25-2)15(13)26-3)16(22)20-21-17(23)11-8-10(18)4-5-12(11)19/h4-8H,19H2,1-3H3,(H,20,22)(H,21,23). The van der Waals surface area contributed by atoms with E-state index in [2.05, 4.69) is 10.9 Å². The Hall–Kier alpha value is -3.13. The molecule has 2 rings (SSSR count). The molecule has 8 nitrogen and oxygen atoms in total. The molecular formula is C17H18ClN3O5. The second-order valence-electron chi connectivity index (χ2n) is 5.05. The van der Waals surface area contributed by atoms with Gasteiger partial charge in [-0.3, -0.25) is 20.4 Å². The van der Waals surface area contributed by atoms with Crippen LogP contribution in [0.4, 0.5) is 5.69 Å². The molecule has 0 saturated carbocycles. The number of methoxy groups -OCH3 is 3. The fraction of sp³-hybridized carbons (Fsp3) is 0.176. The Morgan fingerprint density at radius 1 is 0.923 bits per heavy atom. The minimum atomic E-state index is -0.606. The Bertz CT molecular complexity index is 816. The van der Waals surface area contributed by atoms with Crippen molar-refractivity contribution >= 4 is 29.1 Å². The van der Waals surface area contributed by atoms with Crippen molar-refractivity contribution in [1.29, 1.82) is 0 Å². The van der Waals surface area contributed by atoms with Crippen LogP contribution in [0.15, 0.2) is 30.3 Å². The van der Waals surface area contributed by atoms with E-state index in [-0.39, 0.29) is 16.8 Å². The highest BCUT2D eigenvalue weighted by atomic mass is 35.5. The van der Waals surface area contributed by atoms with Gasteiger partial charge < -0.3 is 19.9 Å². The first-order valence-electron chi connectivity index (χ1n) is 7.37. The molecule has 0 aliphatic rings. The lowest BCUT2D eigenvalue weighted by atomic mass is 10.1. The Morgan fingerprint density at radius 3 is 2.04 bits per heavy atom. The van der Waals surface area contributed by atoms with E-state index in [4.69, 9.17) is 31.5 Å². The summed E-state index contributed by atoms with van der Waals surface area (Å²) in [6, 6.07) is 7.37. The molecule has 9 heteroatoms. The van der Waals surface area contributed by atoms with Crippen LogP contribution in [-0.2, 0) is 0 Å². The van der Waals surface area contributed by atoms with Crippen LogP contribution < -0.4 is 30.8 Å². The summed E-state index contributed by atoms with van der Waals surface area (Å²) >= 11 is 5.85. The van der Waals surface area contributed by atoms with Gasteiger partial charge in [-0.1, -0.05) is 11.6 Å². The Labute approximate surface area is 155 Å². The summed E-state index contributed by atoms with van der Waals surface area (Å²) in [5.41, 5.74) is 10.9. The number of anilines is 1. The number of halogens is 1. The molecule has 2 amide bonds. The number of hydrogen-bond donors (Lipinski definition) is 3. The zero-order chi connectivity index (χ0) is 19.3. The van der Waals surface area contributed by atoms with E-state index in [0.29, 0.717) is 22.3 Å². The number of nitrogens with two attached hydrogens (primary N) is 1. The van der Waals surface area contributed by atoms with Gasteiger partial charge in [0.25, 0.3) is 11.8 Å². The van der Waals surface area contributed by atoms with Gasteiger partial charge in [-0.05, 0) is 30.3 Å². The smallest absolute Gasteiger partial charge is 0.271 e. The van der Waals surface area contributed by atoms with E-state index in [1.165, 1.54) is 45.6 Å². The van der Waals surface area contributed by atoms with Gasteiger partial charge in [0.2, 0.25) is 5.75 Å². The van der Waals surface area contributed by atoms with Gasteiger partial charge in [0.15, 0.2) is 11.5 Å². The average Bonchev–Trinajstić information content (AvgIpc) is 2.66. The van der Waals surface area contributed by atoms with Crippen molar-refractivity contribution in [2.75, 3.05) is 27.1 Å². The molecule has 0 heterocycles. The van der Waals surface area contributed by atoms with E-state index in [0.717, 1.165) is 0 Å². The minimum absolute atomic E-state index is 0.141. The van der Waals surface area contributed by atoms with E-state index >= 15 is 0 Å². The van der Waals surface area contributed by atoms with Crippen molar-refractivity contribution in [3.05, 3.63) is 46.5 Å². The van der Waals surface area contributed by atoms with E-state index in [1.54, 1.807) is 6.07 Å². The normalized spacial score (nSPS) is 10.0. The second-order valence-corrected chi connectivity index (χ2v) is 5.49. The first-order valence-corrected chi connectivity index (χ1v) is 7.74. The van der Waals surface area contributed by atoms with E-state index in [9.17, 15) is 9.59 Å². The molecule has 0 aliphatic carbocycles. The van der Waals surface area contributed by atoms with Crippen LogP contribution in [0.3, 0.4) is 0 Å². The quantitative estimate of drug-likeness (QED) is 0.541. The molecule has 0 saturated heterocycles. The maximum Gasteiger partial charge on any atom is 0.271 e. The molecule has 138 valence electrons. The molecule has 4 N–H and O–H groups in total. The zero-order valence-electron chi connectivity index (χ0n) is 14.4. The lowest BCUT2D eigenvalue weighted by Crippen LogP contribution is -2.41. The second kappa shape index (κ2) is 8.30. The lowest BCUT2D eigenvalue weighted by molar-refractivity contribution is 0.0847. The molecule has 26 heavy (non-hydrogen) atoms. The third-order valence-corrected chi connectivity index (χ3v) is 3.71. The largest absolute Gasteiger partial charge is 0.493 e. The molecule has 0 aliphatic heterocycles. The van der Waals surface area contributed by atoms with Crippen LogP contribution in [0, 0.1) is 0 Å². The summed E-state index contributed by atoms with van der Waals surface area (Å²) in [7, 11) is 4.32. The van der Waals surface area contributed by atoms with E-state index in [1.807, 2.05) is 0 Å². The number of carbonyl (C=O) groups is 2. The van der Waals surface area contributed by atoms with Crippen LogP contribution in [-0.4, -0.2) is 33.1 Å². The molecule has 2 aromatic rings. The molecule has 0 atom stereocenters. The summed E-state index contributed by atoms with van der Waals surface area (Å²) in [6.45, 7) is 0. The first-order chi connectivity index (χ1) is 12.4. The number of rotatable bonds is 5. The van der Waals surface area contributed by atoms with Crippen molar-refractivity contribution < 1.29 is 23.8 Å². The number of hydrazine groups is 1. The number of nitrogen functional groups attached to an aromatic ring is 1. The van der Waals surface area contributed by atoms with Crippen molar-refractivity contribution in [3.63, 3.8) is 0 Å². The van der Waals surface area contributed by atoms with Crippen molar-refractivity contribution in [3.8, 4) is 17.2 Å². The van der Waals surface area contributed by atoms with E-state index < -0.39 is 11.8 Å². The highest BCUT2D eigenvalue weighted by molar-refractivity contribution is 6.31. The molecular weight excluding hydrogens is 362 g/mol. The molecule has 0 spiro atoms. The summed E-state index contributed by atoms with van der Waals surface area (Å²) < 4.78 is 15.6. The predicted octanol–water partition coefficient (Wildman–Crippen LogP) is 2.02. The molecule has 2 aromatic carbocycles. The monoisotopic (exact) mass is 379 g/mol. The summed E-state index contributed by atoms with van der Waals surface area (Å²) in [5.74, 6) is -0.226. The molecule has 0 unspecified atom stereocenters. The first kappa shape index (κ1) is 19.2. The minimum Gasteiger partial charge on any atom is -0.493 e. The van der Waals surface area contributed by atoms with Gasteiger partial charge in [-0.15, -0.1) is 0 Å². The fourth-order valence-electron chi connectivity index (χ4n) is 2.19. The van der Waals surface area contributed by atoms with Crippen molar-refractivity contribution in [2.24, 2.45) is 0 Å². The topological polar surface area (TPSA) is 112 Å². The van der Waals surface area contributed by atoms with Crippen LogP contribution in [0.25, 0.3) is 0 Å². The fourth-order valence-corrected chi connectivity index (χ4v) is 2.36. The SMILES string of the molecule is COc1cc(C(=O)NNC(=O)c2cc(Cl)ccc2N)cc(OC)c1OC. The molecule has 0 aromatic heterocycles. The molecule has 0 radical (unpaired) electrons. The highest BCUT2D eigenvalue weighted by Crippen LogP contribution is 2.38. The molecule has 0 fully saturated rings. The number of ether oxygens (including phenoxy) is 3. The number of benzene rings is 2. The molecule has 0 bridgehead atoms. The van der Waals surface area contributed by atoms with Gasteiger partial charge in [-0.25, -0.2) is 0 Å². The third-order valence-electron chi connectivity index (χ3n) is 3.48. The van der Waals surface area contributed by atoms with Gasteiger partial charge in [-0.2, -0.15) is 0 Å². The Balaban J connectivity index is 2.17. The van der Waals surface area contributed by atoms with Gasteiger partial charge in [0.1, 0.15) is 0 Å². The van der Waals surface area contributed by atoms with Crippen LogP contribution in [0.1, 0.15) is 20.7 Å². The van der Waals surface area contributed by atoms with Gasteiger partial charge >= 0.3 is 0 Å². The van der Waals surface area contributed by atoms with Crippen LogP contribution >= 0.6 is 11.6 Å². The van der Waals surface area contributed by atoms with Crippen molar-refractivity contribution in [1.82, 2.24) is 10.9 Å². The number of nitrogens with one attached hydrogen (secondary N) is 2. The summed E-state index contributed by atoms with van der Waals surface area (Å²) in [4.78, 5) is 24.5. The number of hydrogen-bond acceptors (Lipinski definition) is 6. The lowest BCUT2D eigenvalue weighted by Gasteiger charge is -2.14. The average molecular weight is 380 g/mol. The van der Waals surface area contributed by atoms with Crippen LogP contribution in [0.2, 0.25) is 5.02 Å². The van der Waals surface area contributed by atoms with Gasteiger partial charge in [0.05, 0.1) is 26.9 Å². The predicted molar refractivity (Wildman–Crippen MR) is 96.9 cm³/mol. The summed E-state index contributed by atoms with van der Waals surface area (Å²) in [5, 5.41) is 0.348. The third kappa shape index (κ3) is 4.09. The maximum absolute atomic E-state index is 12.3. The van der Waals surface area contributed by atoms with Gasteiger partial charge in [0, 0.05) is 16.3 Å². The van der Waals surface area contributed by atoms with Crippen molar-refractivity contribution in [2.45, 2.75) is 0 Å². The number of amides is 2. The van der Waals surface area contributed by atoms with Crippen LogP contribution in [0.5, 0.6) is 17.2 Å². The number of carbonyl (C=O) groups excluding carboxylic acids is 2. The maximum atomic E-state index is 12.3. The summed E-state index contributed by atoms with van der Waals surface area (Å²) in [6.07, 6.45) is 0. The zero-order valence-corrected chi connectivity index (χ0v) is 15.1.